The molecule has 1 aromatic rings. The number of hydrogen-bond donors (Lipinski definition) is 1. The van der Waals surface area contributed by atoms with Crippen molar-refractivity contribution in [3.05, 3.63) is 42.5 Å². The molecule has 1 aromatic carbocycles. The summed E-state index contributed by atoms with van der Waals surface area (Å²) < 4.78 is 5.43. The fraction of sp³-hybridized carbons (Fsp3) is 0.333. The van der Waals surface area contributed by atoms with E-state index >= 15 is 0 Å². The lowest BCUT2D eigenvalue weighted by molar-refractivity contribution is 0.0951. The summed E-state index contributed by atoms with van der Waals surface area (Å²) >= 11 is 0. The summed E-state index contributed by atoms with van der Waals surface area (Å²) in [7, 11) is 0. The van der Waals surface area contributed by atoms with Crippen LogP contribution in [0.15, 0.2) is 42.0 Å². The first kappa shape index (κ1) is 15.0. The van der Waals surface area contributed by atoms with Crippen LogP contribution in [0.25, 0.3) is 0 Å². The molecule has 0 saturated heterocycles. The average molecular weight is 260 g/mol. The SMILES string of the molecule is C=CCOc1ccccc1C(=O)N/N=C(\C)CCC. The Morgan fingerprint density at radius 2 is 2.21 bits per heavy atom. The third-order valence-corrected chi connectivity index (χ3v) is 2.45. The van der Waals surface area contributed by atoms with Gasteiger partial charge in [-0.25, -0.2) is 5.43 Å². The average Bonchev–Trinajstić information content (AvgIpc) is 2.43. The van der Waals surface area contributed by atoms with E-state index in [4.69, 9.17) is 4.74 Å². The van der Waals surface area contributed by atoms with Gasteiger partial charge >= 0.3 is 0 Å². The summed E-state index contributed by atoms with van der Waals surface area (Å²) in [4.78, 5) is 12.0. The predicted octanol–water partition coefficient (Wildman–Crippen LogP) is 3.16. The number of amides is 1. The van der Waals surface area contributed by atoms with Gasteiger partial charge in [0, 0.05) is 5.71 Å². The van der Waals surface area contributed by atoms with Crippen LogP contribution >= 0.6 is 0 Å². The van der Waals surface area contributed by atoms with E-state index in [1.54, 1.807) is 24.3 Å². The molecular weight excluding hydrogens is 240 g/mol. The molecule has 0 aliphatic heterocycles. The van der Waals surface area contributed by atoms with Crippen molar-refractivity contribution in [1.29, 1.82) is 0 Å². The number of nitrogens with zero attached hydrogens (tertiary/aromatic N) is 1. The molecule has 0 atom stereocenters. The fourth-order valence-corrected chi connectivity index (χ4v) is 1.55. The van der Waals surface area contributed by atoms with E-state index in [1.165, 1.54) is 0 Å². The zero-order valence-corrected chi connectivity index (χ0v) is 11.5. The molecule has 0 heterocycles. The minimum Gasteiger partial charge on any atom is -0.489 e. The maximum atomic E-state index is 12.0. The van der Waals surface area contributed by atoms with Crippen LogP contribution in [0.4, 0.5) is 0 Å². The predicted molar refractivity (Wildman–Crippen MR) is 77.6 cm³/mol. The topological polar surface area (TPSA) is 50.7 Å². The number of ether oxygens (including phenoxy) is 1. The normalized spacial score (nSPS) is 10.9. The van der Waals surface area contributed by atoms with Crippen LogP contribution in [0.1, 0.15) is 37.0 Å². The highest BCUT2D eigenvalue weighted by atomic mass is 16.5. The van der Waals surface area contributed by atoms with Gasteiger partial charge in [0.05, 0.1) is 5.56 Å². The van der Waals surface area contributed by atoms with Crippen molar-refractivity contribution >= 4 is 11.6 Å². The summed E-state index contributed by atoms with van der Waals surface area (Å²) in [5, 5.41) is 4.05. The zero-order chi connectivity index (χ0) is 14.1. The van der Waals surface area contributed by atoms with Gasteiger partial charge in [-0.1, -0.05) is 38.1 Å². The van der Waals surface area contributed by atoms with Crippen LogP contribution in [0, 0.1) is 0 Å². The summed E-state index contributed by atoms with van der Waals surface area (Å²) in [6.07, 6.45) is 3.51. The third-order valence-electron chi connectivity index (χ3n) is 2.45. The van der Waals surface area contributed by atoms with Crippen LogP contribution in [-0.4, -0.2) is 18.2 Å². The smallest absolute Gasteiger partial charge is 0.275 e. The van der Waals surface area contributed by atoms with Gasteiger partial charge in [-0.15, -0.1) is 0 Å². The van der Waals surface area contributed by atoms with Crippen molar-refractivity contribution < 1.29 is 9.53 Å². The van der Waals surface area contributed by atoms with Crippen LogP contribution in [0.5, 0.6) is 5.75 Å². The summed E-state index contributed by atoms with van der Waals surface area (Å²) in [5.41, 5.74) is 3.92. The second-order valence-corrected chi connectivity index (χ2v) is 4.13. The number of para-hydroxylation sites is 1. The number of hydrogen-bond acceptors (Lipinski definition) is 3. The largest absolute Gasteiger partial charge is 0.489 e. The van der Waals surface area contributed by atoms with E-state index < -0.39 is 0 Å². The molecular formula is C15H20N2O2. The number of carbonyl (C=O) groups excluding carboxylic acids is 1. The zero-order valence-electron chi connectivity index (χ0n) is 11.5. The van der Waals surface area contributed by atoms with E-state index in [0.29, 0.717) is 17.9 Å². The Hall–Kier alpha value is -2.10. The summed E-state index contributed by atoms with van der Waals surface area (Å²) in [6, 6.07) is 7.07. The molecule has 0 saturated carbocycles. The fourth-order valence-electron chi connectivity index (χ4n) is 1.55. The van der Waals surface area contributed by atoms with Gasteiger partial charge in [0.1, 0.15) is 12.4 Å². The number of hydrazone groups is 1. The van der Waals surface area contributed by atoms with E-state index in [2.05, 4.69) is 24.0 Å². The molecule has 1 N–H and O–H groups in total. The highest BCUT2D eigenvalue weighted by Crippen LogP contribution is 2.17. The first-order valence-electron chi connectivity index (χ1n) is 6.35. The monoisotopic (exact) mass is 260 g/mol. The molecule has 0 aliphatic carbocycles. The Morgan fingerprint density at radius 1 is 1.47 bits per heavy atom. The highest BCUT2D eigenvalue weighted by Gasteiger charge is 2.10. The molecule has 1 amide bonds. The third kappa shape index (κ3) is 4.95. The van der Waals surface area contributed by atoms with Crippen molar-refractivity contribution in [2.75, 3.05) is 6.61 Å². The maximum Gasteiger partial charge on any atom is 0.275 e. The molecule has 4 nitrogen and oxygen atoms in total. The van der Waals surface area contributed by atoms with Crippen molar-refractivity contribution in [3.8, 4) is 5.75 Å². The van der Waals surface area contributed by atoms with Crippen molar-refractivity contribution in [1.82, 2.24) is 5.43 Å². The minimum absolute atomic E-state index is 0.268. The Morgan fingerprint density at radius 3 is 2.89 bits per heavy atom. The summed E-state index contributed by atoms with van der Waals surface area (Å²) in [5.74, 6) is 0.262. The molecule has 0 unspecified atom stereocenters. The number of carbonyl (C=O) groups is 1. The van der Waals surface area contributed by atoms with Gasteiger partial charge in [-0.05, 0) is 25.5 Å². The van der Waals surface area contributed by atoms with Crippen molar-refractivity contribution in [2.45, 2.75) is 26.7 Å². The van der Waals surface area contributed by atoms with Crippen LogP contribution in [0.2, 0.25) is 0 Å². The van der Waals surface area contributed by atoms with E-state index in [9.17, 15) is 4.79 Å². The van der Waals surface area contributed by atoms with E-state index in [0.717, 1.165) is 18.6 Å². The van der Waals surface area contributed by atoms with Crippen molar-refractivity contribution in [3.63, 3.8) is 0 Å². The molecule has 0 aromatic heterocycles. The molecule has 0 spiro atoms. The molecule has 102 valence electrons. The Labute approximate surface area is 114 Å². The van der Waals surface area contributed by atoms with Crippen molar-refractivity contribution in [2.24, 2.45) is 5.10 Å². The quantitative estimate of drug-likeness (QED) is 0.465. The van der Waals surface area contributed by atoms with E-state index in [1.807, 2.05) is 13.0 Å². The Balaban J connectivity index is 2.76. The Kier molecular flexibility index (Phi) is 6.36. The first-order valence-corrected chi connectivity index (χ1v) is 6.35. The lowest BCUT2D eigenvalue weighted by Gasteiger charge is -2.08. The maximum absolute atomic E-state index is 12.0. The second kappa shape index (κ2) is 8.08. The number of nitrogens with one attached hydrogen (secondary N) is 1. The Bertz CT molecular complexity index is 467. The minimum atomic E-state index is -0.268. The van der Waals surface area contributed by atoms with Gasteiger partial charge in [-0.2, -0.15) is 5.10 Å². The van der Waals surface area contributed by atoms with Gasteiger partial charge in [0.15, 0.2) is 0 Å². The number of benzene rings is 1. The molecule has 0 aliphatic rings. The van der Waals surface area contributed by atoms with Crippen LogP contribution in [-0.2, 0) is 0 Å². The molecule has 19 heavy (non-hydrogen) atoms. The van der Waals surface area contributed by atoms with Gasteiger partial charge in [0.2, 0.25) is 0 Å². The highest BCUT2D eigenvalue weighted by molar-refractivity contribution is 5.97. The first-order chi connectivity index (χ1) is 9.19. The van der Waals surface area contributed by atoms with Crippen LogP contribution < -0.4 is 10.2 Å². The molecule has 4 heteroatoms. The van der Waals surface area contributed by atoms with Gasteiger partial charge < -0.3 is 4.74 Å². The van der Waals surface area contributed by atoms with E-state index in [-0.39, 0.29) is 5.91 Å². The second-order valence-electron chi connectivity index (χ2n) is 4.13. The summed E-state index contributed by atoms with van der Waals surface area (Å²) in [6.45, 7) is 7.91. The molecule has 0 fully saturated rings. The molecule has 0 radical (unpaired) electrons. The lowest BCUT2D eigenvalue weighted by Crippen LogP contribution is -2.20. The lowest BCUT2D eigenvalue weighted by atomic mass is 10.2. The van der Waals surface area contributed by atoms with Crippen LogP contribution in [0.3, 0.4) is 0 Å². The van der Waals surface area contributed by atoms with Gasteiger partial charge in [-0.3, -0.25) is 4.79 Å². The molecule has 1 rings (SSSR count). The molecule has 0 bridgehead atoms. The standard InChI is InChI=1S/C15H20N2O2/c1-4-8-12(3)16-17-15(18)13-9-6-7-10-14(13)19-11-5-2/h5-7,9-10H,2,4,8,11H2,1,3H3,(H,17,18)/b16-12+. The van der Waals surface area contributed by atoms with Gasteiger partial charge in [0.25, 0.3) is 5.91 Å². The number of rotatable bonds is 7.